The summed E-state index contributed by atoms with van der Waals surface area (Å²) in [6.45, 7) is 2.38. The molecule has 0 aliphatic rings. The van der Waals surface area contributed by atoms with Gasteiger partial charge in [0.15, 0.2) is 0 Å². The number of benzene rings is 1. The maximum Gasteiger partial charge on any atom is 0.337 e. The van der Waals surface area contributed by atoms with Crippen LogP contribution in [0.2, 0.25) is 0 Å². The highest BCUT2D eigenvalue weighted by Crippen LogP contribution is 2.17. The summed E-state index contributed by atoms with van der Waals surface area (Å²) in [5, 5.41) is 3.04. The summed E-state index contributed by atoms with van der Waals surface area (Å²) in [6, 6.07) is 5.31. The Morgan fingerprint density at radius 2 is 2.33 bits per heavy atom. The summed E-state index contributed by atoms with van der Waals surface area (Å²) in [7, 11) is 1.36. The molecule has 1 rings (SSSR count). The third-order valence-electron chi connectivity index (χ3n) is 2.04. The van der Waals surface area contributed by atoms with Gasteiger partial charge in [-0.1, -0.05) is 12.0 Å². The second kappa shape index (κ2) is 5.06. The van der Waals surface area contributed by atoms with Crippen molar-refractivity contribution >= 4 is 11.7 Å². The number of methoxy groups -OCH3 is 1. The lowest BCUT2D eigenvalue weighted by molar-refractivity contribution is 0.0601. The van der Waals surface area contributed by atoms with Gasteiger partial charge in [0.25, 0.3) is 0 Å². The Morgan fingerprint density at radius 3 is 2.93 bits per heavy atom. The van der Waals surface area contributed by atoms with Crippen LogP contribution in [0.15, 0.2) is 18.2 Å². The van der Waals surface area contributed by atoms with E-state index in [1.807, 2.05) is 13.0 Å². The van der Waals surface area contributed by atoms with E-state index in [1.165, 1.54) is 7.11 Å². The molecule has 1 aromatic rings. The number of carbonyl (C=O) groups is 1. The summed E-state index contributed by atoms with van der Waals surface area (Å²) in [5.74, 6) is 2.13. The molecule has 0 heterocycles. The van der Waals surface area contributed by atoms with Crippen LogP contribution in [-0.2, 0) is 4.74 Å². The van der Waals surface area contributed by atoms with Gasteiger partial charge >= 0.3 is 5.97 Å². The van der Waals surface area contributed by atoms with Crippen LogP contribution in [0.4, 0.5) is 5.69 Å². The third kappa shape index (κ3) is 2.75. The van der Waals surface area contributed by atoms with Crippen LogP contribution in [0, 0.1) is 19.3 Å². The van der Waals surface area contributed by atoms with Crippen molar-refractivity contribution in [3.8, 4) is 12.3 Å². The summed E-state index contributed by atoms with van der Waals surface area (Å²) in [4.78, 5) is 11.3. The number of terminal acetylenes is 1. The van der Waals surface area contributed by atoms with Crippen LogP contribution in [-0.4, -0.2) is 19.6 Å². The Kier molecular flexibility index (Phi) is 3.75. The molecule has 0 bridgehead atoms. The molecule has 1 aromatic carbocycles. The highest BCUT2D eigenvalue weighted by Gasteiger charge is 2.07. The van der Waals surface area contributed by atoms with E-state index in [0.29, 0.717) is 12.1 Å². The highest BCUT2D eigenvalue weighted by atomic mass is 16.5. The number of nitrogens with one attached hydrogen (secondary N) is 1. The molecule has 0 saturated carbocycles. The molecular formula is C12H13NO2. The SMILES string of the molecule is C#CCNc1cc(C(=O)OC)ccc1C. The molecular weight excluding hydrogens is 190 g/mol. The van der Waals surface area contributed by atoms with Gasteiger partial charge in [-0.25, -0.2) is 4.79 Å². The van der Waals surface area contributed by atoms with Gasteiger partial charge in [0.1, 0.15) is 0 Å². The van der Waals surface area contributed by atoms with Crippen molar-refractivity contribution in [2.45, 2.75) is 6.92 Å². The van der Waals surface area contributed by atoms with Gasteiger partial charge in [-0.05, 0) is 24.6 Å². The molecule has 0 saturated heterocycles. The zero-order chi connectivity index (χ0) is 11.3. The van der Waals surface area contributed by atoms with E-state index in [4.69, 9.17) is 6.42 Å². The summed E-state index contributed by atoms with van der Waals surface area (Å²) < 4.78 is 4.63. The van der Waals surface area contributed by atoms with Crippen LogP contribution in [0.1, 0.15) is 15.9 Å². The molecule has 0 unspecified atom stereocenters. The van der Waals surface area contributed by atoms with Gasteiger partial charge < -0.3 is 10.1 Å². The summed E-state index contributed by atoms with van der Waals surface area (Å²) in [6.07, 6.45) is 5.15. The molecule has 0 atom stereocenters. The lowest BCUT2D eigenvalue weighted by atomic mass is 10.1. The fourth-order valence-electron chi connectivity index (χ4n) is 1.20. The molecule has 15 heavy (non-hydrogen) atoms. The minimum Gasteiger partial charge on any atom is -0.465 e. The molecule has 0 aliphatic carbocycles. The Bertz CT molecular complexity index is 405. The quantitative estimate of drug-likeness (QED) is 0.601. The topological polar surface area (TPSA) is 38.3 Å². The first-order chi connectivity index (χ1) is 7.19. The van der Waals surface area contributed by atoms with Gasteiger partial charge in [0.2, 0.25) is 0 Å². The predicted octanol–water partition coefficient (Wildman–Crippen LogP) is 1.83. The zero-order valence-corrected chi connectivity index (χ0v) is 8.83. The highest BCUT2D eigenvalue weighted by molar-refractivity contribution is 5.90. The molecule has 0 amide bonds. The first kappa shape index (κ1) is 11.1. The molecule has 0 spiro atoms. The van der Waals surface area contributed by atoms with Crippen LogP contribution >= 0.6 is 0 Å². The van der Waals surface area contributed by atoms with Gasteiger partial charge in [-0.3, -0.25) is 0 Å². The van der Waals surface area contributed by atoms with E-state index in [2.05, 4.69) is 16.0 Å². The fraction of sp³-hybridized carbons (Fsp3) is 0.250. The molecule has 78 valence electrons. The largest absolute Gasteiger partial charge is 0.465 e. The summed E-state index contributed by atoms with van der Waals surface area (Å²) >= 11 is 0. The van der Waals surface area contributed by atoms with E-state index < -0.39 is 0 Å². The molecule has 0 fully saturated rings. The van der Waals surface area contributed by atoms with Crippen LogP contribution in [0.3, 0.4) is 0 Å². The number of ether oxygens (including phenoxy) is 1. The molecule has 3 heteroatoms. The van der Waals surface area contributed by atoms with Gasteiger partial charge in [0, 0.05) is 5.69 Å². The zero-order valence-electron chi connectivity index (χ0n) is 8.83. The summed E-state index contributed by atoms with van der Waals surface area (Å²) in [5.41, 5.74) is 2.41. The number of esters is 1. The van der Waals surface area contributed by atoms with Gasteiger partial charge in [0.05, 0.1) is 19.2 Å². The molecule has 0 aromatic heterocycles. The normalized spacial score (nSPS) is 9.13. The van der Waals surface area contributed by atoms with Crippen LogP contribution < -0.4 is 5.32 Å². The van der Waals surface area contributed by atoms with Crippen molar-refractivity contribution in [3.05, 3.63) is 29.3 Å². The van der Waals surface area contributed by atoms with Gasteiger partial charge in [-0.15, -0.1) is 6.42 Å². The van der Waals surface area contributed by atoms with Crippen LogP contribution in [0.25, 0.3) is 0 Å². The number of rotatable bonds is 3. The Balaban J connectivity index is 2.95. The molecule has 3 nitrogen and oxygen atoms in total. The maximum atomic E-state index is 11.3. The van der Waals surface area contributed by atoms with Crippen molar-refractivity contribution < 1.29 is 9.53 Å². The lowest BCUT2D eigenvalue weighted by Crippen LogP contribution is -2.05. The van der Waals surface area contributed by atoms with E-state index in [9.17, 15) is 4.79 Å². The van der Waals surface area contributed by atoms with E-state index in [-0.39, 0.29) is 5.97 Å². The van der Waals surface area contributed by atoms with Crippen molar-refractivity contribution in [2.24, 2.45) is 0 Å². The Labute approximate surface area is 89.4 Å². The second-order valence-electron chi connectivity index (χ2n) is 3.08. The first-order valence-electron chi connectivity index (χ1n) is 4.55. The average molecular weight is 203 g/mol. The monoisotopic (exact) mass is 203 g/mol. The van der Waals surface area contributed by atoms with Crippen molar-refractivity contribution in [3.63, 3.8) is 0 Å². The second-order valence-corrected chi connectivity index (χ2v) is 3.08. The first-order valence-corrected chi connectivity index (χ1v) is 4.55. The smallest absolute Gasteiger partial charge is 0.337 e. The number of anilines is 1. The van der Waals surface area contributed by atoms with Gasteiger partial charge in [-0.2, -0.15) is 0 Å². The lowest BCUT2D eigenvalue weighted by Gasteiger charge is -2.08. The maximum absolute atomic E-state index is 11.3. The Morgan fingerprint density at radius 1 is 1.60 bits per heavy atom. The molecule has 0 radical (unpaired) electrons. The minimum atomic E-state index is -0.348. The van der Waals surface area contributed by atoms with E-state index in [1.54, 1.807) is 12.1 Å². The standard InChI is InChI=1S/C12H13NO2/c1-4-7-13-11-8-10(12(14)15-3)6-5-9(11)2/h1,5-6,8,13H,7H2,2-3H3. The number of hydrogen-bond donors (Lipinski definition) is 1. The Hall–Kier alpha value is -1.95. The van der Waals surface area contributed by atoms with Crippen molar-refractivity contribution in [1.29, 1.82) is 0 Å². The molecule has 1 N–H and O–H groups in total. The van der Waals surface area contributed by atoms with E-state index in [0.717, 1.165) is 11.3 Å². The van der Waals surface area contributed by atoms with Crippen LogP contribution in [0.5, 0.6) is 0 Å². The van der Waals surface area contributed by atoms with E-state index >= 15 is 0 Å². The number of hydrogen-bond acceptors (Lipinski definition) is 3. The fourth-order valence-corrected chi connectivity index (χ4v) is 1.20. The molecule has 0 aliphatic heterocycles. The third-order valence-corrected chi connectivity index (χ3v) is 2.04. The predicted molar refractivity (Wildman–Crippen MR) is 59.8 cm³/mol. The average Bonchev–Trinajstić information content (AvgIpc) is 2.27. The number of carbonyl (C=O) groups excluding carboxylic acids is 1. The van der Waals surface area contributed by atoms with Crippen molar-refractivity contribution in [2.75, 3.05) is 19.0 Å². The minimum absolute atomic E-state index is 0.348. The number of aryl methyl sites for hydroxylation is 1. The van der Waals surface area contributed by atoms with Crippen molar-refractivity contribution in [1.82, 2.24) is 0 Å².